The molecule has 3 nitrogen and oxygen atoms in total. The minimum atomic E-state index is -4.33. The summed E-state index contributed by atoms with van der Waals surface area (Å²) >= 11 is 0. The third-order valence-electron chi connectivity index (χ3n) is 3.24. The van der Waals surface area contributed by atoms with Gasteiger partial charge in [-0.05, 0) is 30.2 Å². The zero-order chi connectivity index (χ0) is 14.9. The van der Waals surface area contributed by atoms with Crippen molar-refractivity contribution in [2.75, 3.05) is 0 Å². The molecule has 0 aliphatic rings. The molecule has 0 aliphatic heterocycles. The molecule has 6 heteroatoms. The van der Waals surface area contributed by atoms with Crippen LogP contribution in [0.4, 0.5) is 13.2 Å². The Hall–Kier alpha value is -1.82. The number of nitrogens with zero attached hydrogens (tertiary/aromatic N) is 2. The SMILES string of the molecule is CCc1cc(C(N)c2ccc(C(F)(F)F)cc2)n(C)n1. The maximum Gasteiger partial charge on any atom is 0.416 e. The third-order valence-corrected chi connectivity index (χ3v) is 3.24. The Kier molecular flexibility index (Phi) is 3.85. The van der Waals surface area contributed by atoms with Gasteiger partial charge in [-0.3, -0.25) is 4.68 Å². The Morgan fingerprint density at radius 3 is 2.30 bits per heavy atom. The molecule has 2 rings (SSSR count). The smallest absolute Gasteiger partial charge is 0.319 e. The van der Waals surface area contributed by atoms with E-state index in [0.29, 0.717) is 5.56 Å². The molecule has 1 atom stereocenters. The first-order chi connectivity index (χ1) is 9.32. The lowest BCUT2D eigenvalue weighted by Crippen LogP contribution is -2.16. The summed E-state index contributed by atoms with van der Waals surface area (Å²) in [5.41, 5.74) is 7.74. The molecular formula is C14H16F3N3. The fourth-order valence-electron chi connectivity index (χ4n) is 2.06. The molecule has 0 spiro atoms. The number of aryl methyl sites for hydroxylation is 2. The van der Waals surface area contributed by atoms with Crippen LogP contribution in [0, 0.1) is 0 Å². The van der Waals surface area contributed by atoms with Crippen molar-refractivity contribution in [3.8, 4) is 0 Å². The van der Waals surface area contributed by atoms with Gasteiger partial charge in [0.05, 0.1) is 23.0 Å². The molecule has 1 unspecified atom stereocenters. The zero-order valence-electron chi connectivity index (χ0n) is 11.3. The summed E-state index contributed by atoms with van der Waals surface area (Å²) in [7, 11) is 1.78. The summed E-state index contributed by atoms with van der Waals surface area (Å²) < 4.78 is 39.2. The fourth-order valence-corrected chi connectivity index (χ4v) is 2.06. The molecule has 20 heavy (non-hydrogen) atoms. The van der Waals surface area contributed by atoms with Crippen LogP contribution in [-0.4, -0.2) is 9.78 Å². The van der Waals surface area contributed by atoms with Gasteiger partial charge in [0.2, 0.25) is 0 Å². The monoisotopic (exact) mass is 283 g/mol. The summed E-state index contributed by atoms with van der Waals surface area (Å²) in [6.45, 7) is 1.98. The van der Waals surface area contributed by atoms with E-state index in [1.54, 1.807) is 11.7 Å². The highest BCUT2D eigenvalue weighted by Crippen LogP contribution is 2.30. The van der Waals surface area contributed by atoms with E-state index in [9.17, 15) is 13.2 Å². The molecule has 1 heterocycles. The van der Waals surface area contributed by atoms with Crippen molar-refractivity contribution in [2.45, 2.75) is 25.6 Å². The summed E-state index contributed by atoms with van der Waals surface area (Å²) in [4.78, 5) is 0. The van der Waals surface area contributed by atoms with Gasteiger partial charge in [-0.2, -0.15) is 18.3 Å². The van der Waals surface area contributed by atoms with Gasteiger partial charge in [0.1, 0.15) is 0 Å². The molecule has 0 aliphatic carbocycles. The van der Waals surface area contributed by atoms with Crippen LogP contribution >= 0.6 is 0 Å². The molecule has 0 radical (unpaired) electrons. The lowest BCUT2D eigenvalue weighted by molar-refractivity contribution is -0.137. The lowest BCUT2D eigenvalue weighted by atomic mass is 10.0. The van der Waals surface area contributed by atoms with E-state index in [1.807, 2.05) is 13.0 Å². The van der Waals surface area contributed by atoms with Crippen molar-refractivity contribution in [2.24, 2.45) is 12.8 Å². The summed E-state index contributed by atoms with van der Waals surface area (Å²) in [5, 5.41) is 4.29. The third kappa shape index (κ3) is 2.85. The molecule has 0 amide bonds. The summed E-state index contributed by atoms with van der Waals surface area (Å²) in [5.74, 6) is 0. The van der Waals surface area contributed by atoms with Gasteiger partial charge in [-0.1, -0.05) is 19.1 Å². The number of halogens is 3. The molecule has 2 N–H and O–H groups in total. The molecular weight excluding hydrogens is 267 g/mol. The topological polar surface area (TPSA) is 43.8 Å². The second-order valence-electron chi connectivity index (χ2n) is 4.64. The highest BCUT2D eigenvalue weighted by atomic mass is 19.4. The first kappa shape index (κ1) is 14.6. The maximum absolute atomic E-state index is 12.5. The van der Waals surface area contributed by atoms with Crippen LogP contribution in [0.15, 0.2) is 30.3 Å². The van der Waals surface area contributed by atoms with Crippen LogP contribution in [0.5, 0.6) is 0 Å². The number of benzene rings is 1. The predicted molar refractivity (Wildman–Crippen MR) is 70.1 cm³/mol. The molecule has 2 aromatic rings. The van der Waals surface area contributed by atoms with Crippen molar-refractivity contribution in [3.05, 3.63) is 52.8 Å². The molecule has 0 fully saturated rings. The van der Waals surface area contributed by atoms with E-state index in [1.165, 1.54) is 12.1 Å². The van der Waals surface area contributed by atoms with Gasteiger partial charge >= 0.3 is 6.18 Å². The number of rotatable bonds is 3. The normalized spacial score (nSPS) is 13.5. The van der Waals surface area contributed by atoms with Crippen LogP contribution in [-0.2, 0) is 19.6 Å². The molecule has 0 saturated carbocycles. The van der Waals surface area contributed by atoms with Crippen LogP contribution in [0.25, 0.3) is 0 Å². The summed E-state index contributed by atoms with van der Waals surface area (Å²) in [6.07, 6.45) is -3.54. The second-order valence-corrected chi connectivity index (χ2v) is 4.64. The first-order valence-corrected chi connectivity index (χ1v) is 6.28. The van der Waals surface area contributed by atoms with Crippen LogP contribution in [0.2, 0.25) is 0 Å². The van der Waals surface area contributed by atoms with Gasteiger partial charge in [-0.25, -0.2) is 0 Å². The number of alkyl halides is 3. The summed E-state index contributed by atoms with van der Waals surface area (Å²) in [6, 6.07) is 6.30. The highest BCUT2D eigenvalue weighted by molar-refractivity contribution is 5.32. The number of nitrogens with two attached hydrogens (primary N) is 1. The number of aromatic nitrogens is 2. The van der Waals surface area contributed by atoms with Crippen molar-refractivity contribution < 1.29 is 13.2 Å². The van der Waals surface area contributed by atoms with Gasteiger partial charge in [0, 0.05) is 7.05 Å². The lowest BCUT2D eigenvalue weighted by Gasteiger charge is -2.13. The van der Waals surface area contributed by atoms with Crippen molar-refractivity contribution in [1.82, 2.24) is 9.78 Å². The van der Waals surface area contributed by atoms with E-state index < -0.39 is 17.8 Å². The largest absolute Gasteiger partial charge is 0.416 e. The van der Waals surface area contributed by atoms with Gasteiger partial charge in [0.15, 0.2) is 0 Å². The standard InChI is InChI=1S/C14H16F3N3/c1-3-11-8-12(20(2)19-11)13(18)9-4-6-10(7-5-9)14(15,16)17/h4-8,13H,3,18H2,1-2H3. The quantitative estimate of drug-likeness (QED) is 0.941. The van der Waals surface area contributed by atoms with E-state index >= 15 is 0 Å². The molecule has 1 aromatic carbocycles. The highest BCUT2D eigenvalue weighted by Gasteiger charge is 2.30. The Balaban J connectivity index is 2.29. The van der Waals surface area contributed by atoms with E-state index in [0.717, 1.165) is 29.9 Å². The fraction of sp³-hybridized carbons (Fsp3) is 0.357. The van der Waals surface area contributed by atoms with Gasteiger partial charge in [-0.15, -0.1) is 0 Å². The minimum absolute atomic E-state index is 0.491. The van der Waals surface area contributed by atoms with Crippen molar-refractivity contribution in [3.63, 3.8) is 0 Å². The maximum atomic E-state index is 12.5. The van der Waals surface area contributed by atoms with E-state index in [4.69, 9.17) is 5.73 Å². The average molecular weight is 283 g/mol. The zero-order valence-corrected chi connectivity index (χ0v) is 11.3. The van der Waals surface area contributed by atoms with Crippen molar-refractivity contribution in [1.29, 1.82) is 0 Å². The molecule has 0 bridgehead atoms. The molecule has 1 aromatic heterocycles. The van der Waals surface area contributed by atoms with E-state index in [-0.39, 0.29) is 0 Å². The number of hydrogen-bond donors (Lipinski definition) is 1. The second kappa shape index (κ2) is 5.28. The first-order valence-electron chi connectivity index (χ1n) is 6.28. The number of hydrogen-bond acceptors (Lipinski definition) is 2. The predicted octanol–water partition coefficient (Wildman–Crippen LogP) is 3.05. The Morgan fingerprint density at radius 2 is 1.85 bits per heavy atom. The van der Waals surface area contributed by atoms with Crippen LogP contribution in [0.1, 0.15) is 35.5 Å². The Labute approximate surface area is 115 Å². The van der Waals surface area contributed by atoms with Crippen molar-refractivity contribution >= 4 is 0 Å². The Morgan fingerprint density at radius 1 is 1.25 bits per heavy atom. The molecule has 108 valence electrons. The van der Waals surface area contributed by atoms with Gasteiger partial charge < -0.3 is 5.73 Å². The van der Waals surface area contributed by atoms with Crippen LogP contribution < -0.4 is 5.73 Å². The van der Waals surface area contributed by atoms with Gasteiger partial charge in [0.25, 0.3) is 0 Å². The minimum Gasteiger partial charge on any atom is -0.319 e. The Bertz CT molecular complexity index is 585. The average Bonchev–Trinajstić information content (AvgIpc) is 2.78. The van der Waals surface area contributed by atoms with E-state index in [2.05, 4.69) is 5.10 Å². The van der Waals surface area contributed by atoms with Crippen LogP contribution in [0.3, 0.4) is 0 Å². The molecule has 0 saturated heterocycles.